The zero-order valence-electron chi connectivity index (χ0n) is 16.8. The molecule has 0 saturated heterocycles. The van der Waals surface area contributed by atoms with E-state index in [4.69, 9.17) is 4.99 Å². The maximum absolute atomic E-state index is 13.3. The van der Waals surface area contributed by atoms with Gasteiger partial charge in [-0.15, -0.1) is 0 Å². The molecule has 1 amide bonds. The van der Waals surface area contributed by atoms with E-state index in [2.05, 4.69) is 0 Å². The standard InChI is InChI=1S/C25H23N3O/c1-18-9-13-22(14-10-18)28-24(20-7-5-4-6-8-20)26-23(25(28)29)17-19-11-15-21(16-12-19)27(2)3/h4-17H,1-3H3/b23-17+. The van der Waals surface area contributed by atoms with Crippen molar-refractivity contribution >= 4 is 29.2 Å². The van der Waals surface area contributed by atoms with Crippen LogP contribution >= 0.6 is 0 Å². The van der Waals surface area contributed by atoms with Gasteiger partial charge in [0.05, 0.1) is 5.69 Å². The first-order chi connectivity index (χ1) is 14.0. The maximum atomic E-state index is 13.3. The quantitative estimate of drug-likeness (QED) is 0.603. The number of carbonyl (C=O) groups is 1. The fourth-order valence-electron chi connectivity index (χ4n) is 3.26. The Morgan fingerprint density at radius 2 is 1.52 bits per heavy atom. The number of carbonyl (C=O) groups excluding carboxylic acids is 1. The van der Waals surface area contributed by atoms with Crippen LogP contribution in [0.25, 0.3) is 6.08 Å². The van der Waals surface area contributed by atoms with Gasteiger partial charge in [-0.25, -0.2) is 4.99 Å². The first kappa shape index (κ1) is 18.7. The minimum absolute atomic E-state index is 0.121. The van der Waals surface area contributed by atoms with Gasteiger partial charge in [-0.3, -0.25) is 9.69 Å². The summed E-state index contributed by atoms with van der Waals surface area (Å²) < 4.78 is 0. The van der Waals surface area contributed by atoms with Crippen LogP contribution in [0, 0.1) is 6.92 Å². The first-order valence-electron chi connectivity index (χ1n) is 9.57. The molecule has 29 heavy (non-hydrogen) atoms. The van der Waals surface area contributed by atoms with Gasteiger partial charge in [0.2, 0.25) is 0 Å². The smallest absolute Gasteiger partial charge is 0.282 e. The lowest BCUT2D eigenvalue weighted by Gasteiger charge is -2.18. The molecular weight excluding hydrogens is 358 g/mol. The molecule has 0 spiro atoms. The molecule has 4 heteroatoms. The molecule has 0 aromatic heterocycles. The van der Waals surface area contributed by atoms with Crippen molar-refractivity contribution in [1.29, 1.82) is 0 Å². The number of benzene rings is 3. The number of hydrogen-bond acceptors (Lipinski definition) is 3. The Kier molecular flexibility index (Phi) is 5.00. The van der Waals surface area contributed by atoms with Gasteiger partial charge < -0.3 is 4.90 Å². The second-order valence-electron chi connectivity index (χ2n) is 7.29. The van der Waals surface area contributed by atoms with Crippen LogP contribution in [-0.4, -0.2) is 25.8 Å². The molecule has 0 saturated carbocycles. The Labute approximate surface area is 171 Å². The predicted octanol–water partition coefficient (Wildman–Crippen LogP) is 4.90. The van der Waals surface area contributed by atoms with E-state index < -0.39 is 0 Å². The molecule has 1 heterocycles. The highest BCUT2D eigenvalue weighted by Crippen LogP contribution is 2.28. The number of aliphatic imine (C=N–C) groups is 1. The van der Waals surface area contributed by atoms with Crippen molar-refractivity contribution in [2.45, 2.75) is 6.92 Å². The molecule has 0 radical (unpaired) electrons. The van der Waals surface area contributed by atoms with Crippen molar-refractivity contribution in [1.82, 2.24) is 0 Å². The zero-order valence-corrected chi connectivity index (χ0v) is 16.8. The van der Waals surface area contributed by atoms with Crippen molar-refractivity contribution in [3.8, 4) is 0 Å². The van der Waals surface area contributed by atoms with E-state index >= 15 is 0 Å². The number of aryl methyl sites for hydroxylation is 1. The second kappa shape index (κ2) is 7.76. The van der Waals surface area contributed by atoms with Crippen molar-refractivity contribution in [2.75, 3.05) is 23.9 Å². The summed E-state index contributed by atoms with van der Waals surface area (Å²) in [4.78, 5) is 21.7. The molecule has 1 aliphatic rings. The first-order valence-corrected chi connectivity index (χ1v) is 9.57. The van der Waals surface area contributed by atoms with Crippen LogP contribution in [0.1, 0.15) is 16.7 Å². The van der Waals surface area contributed by atoms with Gasteiger partial charge >= 0.3 is 0 Å². The average Bonchev–Trinajstić information content (AvgIpc) is 3.06. The molecule has 0 atom stereocenters. The molecule has 3 aromatic carbocycles. The molecular formula is C25H23N3O. The summed E-state index contributed by atoms with van der Waals surface area (Å²) in [5, 5.41) is 0. The lowest BCUT2D eigenvalue weighted by atomic mass is 10.1. The fourth-order valence-corrected chi connectivity index (χ4v) is 3.26. The summed E-state index contributed by atoms with van der Waals surface area (Å²) in [7, 11) is 4.01. The summed E-state index contributed by atoms with van der Waals surface area (Å²) in [5.74, 6) is 0.528. The third kappa shape index (κ3) is 3.83. The van der Waals surface area contributed by atoms with E-state index in [9.17, 15) is 4.79 Å². The molecule has 1 aliphatic heterocycles. The van der Waals surface area contributed by atoms with Crippen molar-refractivity contribution in [2.24, 2.45) is 4.99 Å². The summed E-state index contributed by atoms with van der Waals surface area (Å²) >= 11 is 0. The summed E-state index contributed by atoms with van der Waals surface area (Å²) in [5.41, 5.74) is 5.36. The zero-order chi connectivity index (χ0) is 20.4. The molecule has 144 valence electrons. The highest BCUT2D eigenvalue weighted by Gasteiger charge is 2.32. The van der Waals surface area contributed by atoms with Gasteiger partial charge in [-0.2, -0.15) is 0 Å². The van der Waals surface area contributed by atoms with Gasteiger partial charge in [0, 0.05) is 25.3 Å². The summed E-state index contributed by atoms with van der Waals surface area (Å²) in [6.07, 6.45) is 1.85. The van der Waals surface area contributed by atoms with E-state index in [-0.39, 0.29) is 5.91 Å². The van der Waals surface area contributed by atoms with Crippen LogP contribution in [0.4, 0.5) is 11.4 Å². The second-order valence-corrected chi connectivity index (χ2v) is 7.29. The normalized spacial score (nSPS) is 15.0. The Bertz CT molecular complexity index is 1080. The van der Waals surface area contributed by atoms with Crippen LogP contribution < -0.4 is 9.80 Å². The highest BCUT2D eigenvalue weighted by molar-refractivity contribution is 6.33. The van der Waals surface area contributed by atoms with Crippen LogP contribution in [0.15, 0.2) is 89.6 Å². The van der Waals surface area contributed by atoms with E-state index in [0.717, 1.165) is 28.1 Å². The Balaban J connectivity index is 1.76. The van der Waals surface area contributed by atoms with E-state index in [0.29, 0.717) is 11.5 Å². The average molecular weight is 381 g/mol. The van der Waals surface area contributed by atoms with Gasteiger partial charge in [0.15, 0.2) is 0 Å². The van der Waals surface area contributed by atoms with E-state index in [1.807, 2.05) is 111 Å². The number of hydrogen-bond donors (Lipinski definition) is 0. The molecule has 0 fully saturated rings. The molecule has 4 nitrogen and oxygen atoms in total. The summed E-state index contributed by atoms with van der Waals surface area (Å²) in [6, 6.07) is 25.8. The maximum Gasteiger partial charge on any atom is 0.282 e. The Morgan fingerprint density at radius 1 is 0.862 bits per heavy atom. The SMILES string of the molecule is Cc1ccc(N2C(=O)/C(=C\c3ccc(N(C)C)cc3)N=C2c2ccccc2)cc1. The van der Waals surface area contributed by atoms with Crippen molar-refractivity contribution < 1.29 is 4.79 Å². The number of rotatable bonds is 4. The summed E-state index contributed by atoms with van der Waals surface area (Å²) in [6.45, 7) is 2.03. The van der Waals surface area contributed by atoms with Crippen molar-refractivity contribution in [3.05, 3.63) is 101 Å². The number of anilines is 2. The predicted molar refractivity (Wildman–Crippen MR) is 120 cm³/mol. The molecule has 3 aromatic rings. The number of amidine groups is 1. The minimum atomic E-state index is -0.121. The number of nitrogens with zero attached hydrogens (tertiary/aromatic N) is 3. The van der Waals surface area contributed by atoms with Gasteiger partial charge in [-0.1, -0.05) is 60.2 Å². The molecule has 0 aliphatic carbocycles. The van der Waals surface area contributed by atoms with Crippen LogP contribution in [0.2, 0.25) is 0 Å². The topological polar surface area (TPSA) is 35.9 Å². The molecule has 4 rings (SSSR count). The van der Waals surface area contributed by atoms with Gasteiger partial charge in [0.1, 0.15) is 11.5 Å². The van der Waals surface area contributed by atoms with Crippen LogP contribution in [0.5, 0.6) is 0 Å². The molecule has 0 unspecified atom stereocenters. The Hall–Kier alpha value is -3.66. The Morgan fingerprint density at radius 3 is 2.14 bits per heavy atom. The third-order valence-corrected chi connectivity index (χ3v) is 4.90. The van der Waals surface area contributed by atoms with Crippen LogP contribution in [0.3, 0.4) is 0 Å². The van der Waals surface area contributed by atoms with E-state index in [1.54, 1.807) is 4.90 Å². The minimum Gasteiger partial charge on any atom is -0.378 e. The highest BCUT2D eigenvalue weighted by atomic mass is 16.2. The largest absolute Gasteiger partial charge is 0.378 e. The van der Waals surface area contributed by atoms with E-state index in [1.165, 1.54) is 0 Å². The third-order valence-electron chi connectivity index (χ3n) is 4.90. The lowest BCUT2D eigenvalue weighted by Crippen LogP contribution is -2.32. The number of amides is 1. The molecule has 0 N–H and O–H groups in total. The van der Waals surface area contributed by atoms with Gasteiger partial charge in [0.25, 0.3) is 5.91 Å². The van der Waals surface area contributed by atoms with Crippen LogP contribution in [-0.2, 0) is 4.79 Å². The fraction of sp³-hybridized carbons (Fsp3) is 0.120. The van der Waals surface area contributed by atoms with Gasteiger partial charge in [-0.05, 0) is 42.8 Å². The lowest BCUT2D eigenvalue weighted by molar-refractivity contribution is -0.113. The molecule has 0 bridgehead atoms. The monoisotopic (exact) mass is 381 g/mol. The van der Waals surface area contributed by atoms with Crippen molar-refractivity contribution in [3.63, 3.8) is 0 Å².